The van der Waals surface area contributed by atoms with E-state index in [9.17, 15) is 13.2 Å². The summed E-state index contributed by atoms with van der Waals surface area (Å²) in [6.07, 6.45) is 1.16. The quantitative estimate of drug-likeness (QED) is 0.486. The Balaban J connectivity index is 1.65. The van der Waals surface area contributed by atoms with Gasteiger partial charge in [0.1, 0.15) is 17.2 Å². The van der Waals surface area contributed by atoms with Crippen LogP contribution in [0.5, 0.6) is 17.2 Å². The third-order valence-corrected chi connectivity index (χ3v) is 5.89. The lowest BCUT2D eigenvalue weighted by Gasteiger charge is -2.22. The standard InChI is InChI=1S/C24H26N2O6S/c1-30-21-13-14-23(31-2)22(15-21)25-24(27)17-32-20-11-9-19(10-12-20)26(33(3,28)29)16-18-7-5-4-6-8-18/h4-15H,16-17H2,1-3H3,(H,25,27). The van der Waals surface area contributed by atoms with E-state index in [0.29, 0.717) is 28.6 Å². The number of anilines is 2. The van der Waals surface area contributed by atoms with Crippen molar-refractivity contribution in [1.29, 1.82) is 0 Å². The first-order valence-electron chi connectivity index (χ1n) is 10.1. The van der Waals surface area contributed by atoms with Gasteiger partial charge >= 0.3 is 0 Å². The van der Waals surface area contributed by atoms with E-state index in [-0.39, 0.29) is 19.1 Å². The number of carbonyl (C=O) groups is 1. The maximum atomic E-state index is 12.3. The lowest BCUT2D eigenvalue weighted by molar-refractivity contribution is -0.118. The third-order valence-electron chi connectivity index (χ3n) is 4.74. The number of hydrogen-bond donors (Lipinski definition) is 1. The number of hydrogen-bond acceptors (Lipinski definition) is 6. The molecule has 3 aromatic rings. The van der Waals surface area contributed by atoms with Crippen LogP contribution in [0.25, 0.3) is 0 Å². The van der Waals surface area contributed by atoms with E-state index in [0.717, 1.165) is 11.8 Å². The second-order valence-corrected chi connectivity index (χ2v) is 9.06. The smallest absolute Gasteiger partial charge is 0.262 e. The van der Waals surface area contributed by atoms with Crippen LogP contribution in [-0.4, -0.2) is 41.4 Å². The fourth-order valence-corrected chi connectivity index (χ4v) is 3.99. The zero-order chi connectivity index (χ0) is 23.8. The Kier molecular flexibility index (Phi) is 7.78. The summed E-state index contributed by atoms with van der Waals surface area (Å²) < 4.78 is 42.0. The molecular formula is C24H26N2O6S. The van der Waals surface area contributed by atoms with Crippen molar-refractivity contribution < 1.29 is 27.4 Å². The summed E-state index contributed by atoms with van der Waals surface area (Å²) in [6, 6.07) is 20.9. The lowest BCUT2D eigenvalue weighted by atomic mass is 10.2. The van der Waals surface area contributed by atoms with Gasteiger partial charge in [0.2, 0.25) is 10.0 Å². The van der Waals surface area contributed by atoms with Crippen molar-refractivity contribution in [3.05, 3.63) is 78.4 Å². The van der Waals surface area contributed by atoms with Gasteiger partial charge < -0.3 is 19.5 Å². The maximum Gasteiger partial charge on any atom is 0.262 e. The molecule has 0 aromatic heterocycles. The van der Waals surface area contributed by atoms with Crippen LogP contribution in [0.2, 0.25) is 0 Å². The number of amides is 1. The predicted octanol–water partition coefficient (Wildman–Crippen LogP) is 3.69. The molecule has 0 atom stereocenters. The van der Waals surface area contributed by atoms with Gasteiger partial charge in [-0.15, -0.1) is 0 Å². The van der Waals surface area contributed by atoms with E-state index in [2.05, 4.69) is 5.32 Å². The maximum absolute atomic E-state index is 12.3. The minimum Gasteiger partial charge on any atom is -0.497 e. The number of rotatable bonds is 10. The SMILES string of the molecule is COc1ccc(OC)c(NC(=O)COc2ccc(N(Cc3ccccc3)S(C)(=O)=O)cc2)c1. The lowest BCUT2D eigenvalue weighted by Crippen LogP contribution is -2.29. The molecular weight excluding hydrogens is 444 g/mol. The van der Waals surface area contributed by atoms with Gasteiger partial charge in [0, 0.05) is 6.07 Å². The Morgan fingerprint density at radius 3 is 2.18 bits per heavy atom. The van der Waals surface area contributed by atoms with E-state index in [4.69, 9.17) is 14.2 Å². The van der Waals surface area contributed by atoms with Crippen LogP contribution in [0.4, 0.5) is 11.4 Å². The highest BCUT2D eigenvalue weighted by Gasteiger charge is 2.18. The summed E-state index contributed by atoms with van der Waals surface area (Å²) in [7, 11) is -0.456. The van der Waals surface area contributed by atoms with E-state index < -0.39 is 10.0 Å². The molecule has 3 rings (SSSR count). The molecule has 3 aromatic carbocycles. The monoisotopic (exact) mass is 470 g/mol. The number of benzene rings is 3. The summed E-state index contributed by atoms with van der Waals surface area (Å²) in [5.74, 6) is 1.12. The van der Waals surface area contributed by atoms with Crippen LogP contribution in [-0.2, 0) is 21.4 Å². The van der Waals surface area contributed by atoms with Crippen molar-refractivity contribution in [2.45, 2.75) is 6.54 Å². The van der Waals surface area contributed by atoms with Gasteiger partial charge in [0.05, 0.1) is 38.4 Å². The van der Waals surface area contributed by atoms with E-state index in [1.54, 1.807) is 42.5 Å². The highest BCUT2D eigenvalue weighted by atomic mass is 32.2. The highest BCUT2D eigenvalue weighted by Crippen LogP contribution is 2.29. The Labute approximate surface area is 193 Å². The molecule has 0 saturated carbocycles. The fraction of sp³-hybridized carbons (Fsp3) is 0.208. The molecule has 0 heterocycles. The molecule has 0 fully saturated rings. The second kappa shape index (κ2) is 10.7. The summed E-state index contributed by atoms with van der Waals surface area (Å²) in [4.78, 5) is 12.3. The molecule has 0 radical (unpaired) electrons. The number of methoxy groups -OCH3 is 2. The second-order valence-electron chi connectivity index (χ2n) is 7.15. The minimum absolute atomic E-state index is 0.213. The molecule has 0 aliphatic carbocycles. The normalized spacial score (nSPS) is 10.9. The van der Waals surface area contributed by atoms with E-state index in [1.807, 2.05) is 30.3 Å². The molecule has 0 saturated heterocycles. The summed E-state index contributed by atoms with van der Waals surface area (Å²) in [5, 5.41) is 2.73. The van der Waals surface area contributed by atoms with Crippen molar-refractivity contribution >= 4 is 27.3 Å². The topological polar surface area (TPSA) is 94.2 Å². The summed E-state index contributed by atoms with van der Waals surface area (Å²) >= 11 is 0. The van der Waals surface area contributed by atoms with Crippen LogP contribution in [0.15, 0.2) is 72.8 Å². The van der Waals surface area contributed by atoms with Crippen LogP contribution >= 0.6 is 0 Å². The van der Waals surface area contributed by atoms with Crippen LogP contribution in [0, 0.1) is 0 Å². The molecule has 33 heavy (non-hydrogen) atoms. The zero-order valence-electron chi connectivity index (χ0n) is 18.6. The van der Waals surface area contributed by atoms with Crippen molar-refractivity contribution in [3.63, 3.8) is 0 Å². The van der Waals surface area contributed by atoms with Crippen molar-refractivity contribution in [2.75, 3.05) is 36.7 Å². The summed E-state index contributed by atoms with van der Waals surface area (Å²) in [6.45, 7) is -0.0236. The summed E-state index contributed by atoms with van der Waals surface area (Å²) in [5.41, 5.74) is 1.83. The number of nitrogens with zero attached hydrogens (tertiary/aromatic N) is 1. The zero-order valence-corrected chi connectivity index (χ0v) is 19.5. The first-order valence-corrected chi connectivity index (χ1v) is 11.9. The first kappa shape index (κ1) is 23.9. The Morgan fingerprint density at radius 2 is 1.58 bits per heavy atom. The molecule has 0 unspecified atom stereocenters. The van der Waals surface area contributed by atoms with Crippen LogP contribution < -0.4 is 23.8 Å². The highest BCUT2D eigenvalue weighted by molar-refractivity contribution is 7.92. The van der Waals surface area contributed by atoms with Gasteiger partial charge in [0.25, 0.3) is 5.91 Å². The molecule has 0 aliphatic heterocycles. The Bertz CT molecular complexity index is 1180. The molecule has 174 valence electrons. The number of ether oxygens (including phenoxy) is 3. The molecule has 0 bridgehead atoms. The molecule has 0 aliphatic rings. The van der Waals surface area contributed by atoms with E-state index in [1.165, 1.54) is 18.5 Å². The molecule has 1 N–H and O–H groups in total. The third kappa shape index (κ3) is 6.63. The Morgan fingerprint density at radius 1 is 0.909 bits per heavy atom. The van der Waals surface area contributed by atoms with E-state index >= 15 is 0 Å². The molecule has 9 heteroatoms. The van der Waals surface area contributed by atoms with Crippen molar-refractivity contribution in [2.24, 2.45) is 0 Å². The number of carbonyl (C=O) groups excluding carboxylic acids is 1. The molecule has 1 amide bonds. The first-order chi connectivity index (χ1) is 15.8. The molecule has 0 spiro atoms. The fourth-order valence-electron chi connectivity index (χ4n) is 3.10. The average molecular weight is 471 g/mol. The number of sulfonamides is 1. The van der Waals surface area contributed by atoms with Crippen LogP contribution in [0.3, 0.4) is 0 Å². The Hall–Kier alpha value is -3.72. The average Bonchev–Trinajstić information content (AvgIpc) is 2.81. The van der Waals surface area contributed by atoms with Crippen molar-refractivity contribution in [3.8, 4) is 17.2 Å². The minimum atomic E-state index is -3.50. The van der Waals surface area contributed by atoms with Gasteiger partial charge in [-0.25, -0.2) is 8.42 Å². The largest absolute Gasteiger partial charge is 0.497 e. The van der Waals surface area contributed by atoms with Gasteiger partial charge in [-0.05, 0) is 42.0 Å². The predicted molar refractivity (Wildman–Crippen MR) is 128 cm³/mol. The van der Waals surface area contributed by atoms with Gasteiger partial charge in [-0.3, -0.25) is 9.10 Å². The van der Waals surface area contributed by atoms with Gasteiger partial charge in [0.15, 0.2) is 6.61 Å². The van der Waals surface area contributed by atoms with Crippen LogP contribution in [0.1, 0.15) is 5.56 Å². The number of nitrogens with one attached hydrogen (secondary N) is 1. The van der Waals surface area contributed by atoms with Gasteiger partial charge in [-0.1, -0.05) is 30.3 Å². The van der Waals surface area contributed by atoms with Crippen molar-refractivity contribution in [1.82, 2.24) is 0 Å². The van der Waals surface area contributed by atoms with Gasteiger partial charge in [-0.2, -0.15) is 0 Å². The molecule has 8 nitrogen and oxygen atoms in total.